The standard InChI is InChI=1S/C30H31F2NO6/c1-15-6-19(38-5-4-30(3,37)14-34)7-16(2)26(15)20-9-18(23(31)11-24(20)32)13-39-25-10-17-8-21-27(22(17)12-33-25)28(21)29(35)36/h6-7,9-12,21,27-28,34,37H,4-5,8,13-14H2,1-3H3,(H,35,36)/t21-,27-,28+,30?/m1/s1. The van der Waals surface area contributed by atoms with Crippen molar-refractivity contribution in [2.75, 3.05) is 13.2 Å². The predicted octanol–water partition coefficient (Wildman–Crippen LogP) is 4.71. The molecule has 0 radical (unpaired) electrons. The van der Waals surface area contributed by atoms with Crippen LogP contribution in [-0.2, 0) is 17.8 Å². The summed E-state index contributed by atoms with van der Waals surface area (Å²) in [4.78, 5) is 15.6. The maximum absolute atomic E-state index is 15.0. The highest BCUT2D eigenvalue weighted by molar-refractivity contribution is 5.78. The van der Waals surface area contributed by atoms with Crippen LogP contribution in [0.5, 0.6) is 11.6 Å². The molecule has 1 saturated carbocycles. The first-order valence-electron chi connectivity index (χ1n) is 12.9. The summed E-state index contributed by atoms with van der Waals surface area (Å²) in [6, 6.07) is 7.57. The molecule has 0 aliphatic heterocycles. The van der Waals surface area contributed by atoms with E-state index >= 15 is 0 Å². The van der Waals surface area contributed by atoms with Gasteiger partial charge in [0.25, 0.3) is 0 Å². The average molecular weight is 540 g/mol. The van der Waals surface area contributed by atoms with Gasteiger partial charge in [0.05, 0.1) is 24.7 Å². The lowest BCUT2D eigenvalue weighted by atomic mass is 9.93. The Morgan fingerprint density at radius 2 is 1.82 bits per heavy atom. The van der Waals surface area contributed by atoms with Crippen molar-refractivity contribution in [1.29, 1.82) is 0 Å². The predicted molar refractivity (Wildman–Crippen MR) is 139 cm³/mol. The molecule has 2 aromatic carbocycles. The summed E-state index contributed by atoms with van der Waals surface area (Å²) >= 11 is 0. The number of carbonyl (C=O) groups is 1. The van der Waals surface area contributed by atoms with E-state index in [-0.39, 0.29) is 55.1 Å². The number of carboxylic acid groups (broad SMARTS) is 1. The number of benzene rings is 2. The van der Waals surface area contributed by atoms with Crippen LogP contribution in [0.3, 0.4) is 0 Å². The Morgan fingerprint density at radius 3 is 2.49 bits per heavy atom. The number of rotatable bonds is 10. The third-order valence-electron chi connectivity index (χ3n) is 7.80. The highest BCUT2D eigenvalue weighted by Crippen LogP contribution is 2.61. The summed E-state index contributed by atoms with van der Waals surface area (Å²) in [5.41, 5.74) is 3.19. The zero-order valence-corrected chi connectivity index (χ0v) is 22.0. The first kappa shape index (κ1) is 27.0. The fourth-order valence-corrected chi connectivity index (χ4v) is 5.63. The van der Waals surface area contributed by atoms with Crippen LogP contribution in [-0.4, -0.2) is 45.1 Å². The normalized spacial score (nSPS) is 20.6. The van der Waals surface area contributed by atoms with Gasteiger partial charge in [0.2, 0.25) is 5.88 Å². The number of fused-ring (bicyclic) bond motifs is 3. The van der Waals surface area contributed by atoms with E-state index in [1.54, 1.807) is 24.4 Å². The van der Waals surface area contributed by atoms with E-state index in [0.29, 0.717) is 23.6 Å². The van der Waals surface area contributed by atoms with Crippen LogP contribution >= 0.6 is 0 Å². The number of aliphatic carboxylic acids is 1. The minimum atomic E-state index is -1.24. The molecule has 0 bridgehead atoms. The number of aryl methyl sites for hydroxylation is 2. The number of carboxylic acids is 1. The van der Waals surface area contributed by atoms with Crippen LogP contribution in [0.4, 0.5) is 8.78 Å². The number of aromatic nitrogens is 1. The van der Waals surface area contributed by atoms with Gasteiger partial charge in [-0.25, -0.2) is 13.8 Å². The van der Waals surface area contributed by atoms with Crippen molar-refractivity contribution < 1.29 is 38.4 Å². The molecule has 0 saturated heterocycles. The summed E-state index contributed by atoms with van der Waals surface area (Å²) in [5, 5.41) is 28.4. The summed E-state index contributed by atoms with van der Waals surface area (Å²) < 4.78 is 41.2. The maximum Gasteiger partial charge on any atom is 0.307 e. The van der Waals surface area contributed by atoms with Crippen LogP contribution in [0.25, 0.3) is 11.1 Å². The van der Waals surface area contributed by atoms with Gasteiger partial charge < -0.3 is 24.8 Å². The maximum atomic E-state index is 15.0. The Balaban J connectivity index is 1.31. The molecule has 1 heterocycles. The zero-order chi connectivity index (χ0) is 28.1. The number of aliphatic hydroxyl groups excluding tert-OH is 1. The highest BCUT2D eigenvalue weighted by Gasteiger charge is 2.59. The smallest absolute Gasteiger partial charge is 0.307 e. The third-order valence-corrected chi connectivity index (χ3v) is 7.80. The van der Waals surface area contributed by atoms with Crippen molar-refractivity contribution in [2.24, 2.45) is 11.8 Å². The van der Waals surface area contributed by atoms with Crippen LogP contribution < -0.4 is 9.47 Å². The molecule has 1 aromatic heterocycles. The number of hydrogen-bond acceptors (Lipinski definition) is 6. The fraction of sp³-hybridized carbons (Fsp3) is 0.400. The number of ether oxygens (including phenoxy) is 2. The molecule has 1 fully saturated rings. The second kappa shape index (κ2) is 10.2. The van der Waals surface area contributed by atoms with Gasteiger partial charge in [0.1, 0.15) is 24.0 Å². The van der Waals surface area contributed by atoms with Gasteiger partial charge in [-0.05, 0) is 79.1 Å². The van der Waals surface area contributed by atoms with Crippen molar-refractivity contribution in [3.63, 3.8) is 0 Å². The van der Waals surface area contributed by atoms with E-state index in [2.05, 4.69) is 4.98 Å². The highest BCUT2D eigenvalue weighted by atomic mass is 19.1. The molecule has 5 rings (SSSR count). The monoisotopic (exact) mass is 539 g/mol. The number of halogens is 2. The number of aliphatic hydroxyl groups is 2. The first-order chi connectivity index (χ1) is 18.5. The molecule has 2 aliphatic rings. The molecule has 2 aliphatic carbocycles. The molecule has 39 heavy (non-hydrogen) atoms. The molecule has 3 aromatic rings. The molecule has 1 unspecified atom stereocenters. The van der Waals surface area contributed by atoms with Crippen LogP contribution in [0.2, 0.25) is 0 Å². The minimum Gasteiger partial charge on any atom is -0.493 e. The minimum absolute atomic E-state index is 0.00911. The van der Waals surface area contributed by atoms with Gasteiger partial charge in [-0.1, -0.05) is 0 Å². The summed E-state index contributed by atoms with van der Waals surface area (Å²) in [7, 11) is 0. The average Bonchev–Trinajstić information content (AvgIpc) is 3.46. The van der Waals surface area contributed by atoms with E-state index in [1.165, 1.54) is 13.0 Å². The molecule has 0 amide bonds. The van der Waals surface area contributed by atoms with Gasteiger partial charge in [-0.3, -0.25) is 4.79 Å². The van der Waals surface area contributed by atoms with Crippen LogP contribution in [0.15, 0.2) is 36.5 Å². The SMILES string of the molecule is Cc1cc(OCCC(C)(O)CO)cc(C)c1-c1cc(COc2cc3c(cn2)[C@H]2[C@@H](C3)[C@@H]2C(=O)O)c(F)cc1F. The lowest BCUT2D eigenvalue weighted by molar-refractivity contribution is -0.139. The molecule has 9 heteroatoms. The van der Waals surface area contributed by atoms with E-state index in [1.807, 2.05) is 13.8 Å². The Bertz CT molecular complexity index is 1420. The van der Waals surface area contributed by atoms with E-state index in [4.69, 9.17) is 9.47 Å². The quantitative estimate of drug-likeness (QED) is 0.343. The molecular weight excluding hydrogens is 508 g/mol. The number of hydrogen-bond donors (Lipinski definition) is 3. The van der Waals surface area contributed by atoms with Crippen molar-refractivity contribution in [3.8, 4) is 22.8 Å². The second-order valence-corrected chi connectivity index (χ2v) is 10.9. The Hall–Kier alpha value is -3.56. The van der Waals surface area contributed by atoms with Crippen molar-refractivity contribution in [1.82, 2.24) is 4.98 Å². The second-order valence-electron chi connectivity index (χ2n) is 10.9. The Morgan fingerprint density at radius 1 is 1.10 bits per heavy atom. The molecule has 0 spiro atoms. The van der Waals surface area contributed by atoms with E-state index in [9.17, 15) is 28.9 Å². The van der Waals surface area contributed by atoms with Crippen LogP contribution in [0, 0.1) is 37.3 Å². The van der Waals surface area contributed by atoms with Crippen molar-refractivity contribution in [3.05, 3.63) is 76.0 Å². The van der Waals surface area contributed by atoms with Crippen molar-refractivity contribution in [2.45, 2.75) is 51.7 Å². The Kier molecular flexibility index (Phi) is 7.07. The lowest BCUT2D eigenvalue weighted by Crippen LogP contribution is -2.31. The molecule has 3 N–H and O–H groups in total. The Labute approximate surface area is 225 Å². The van der Waals surface area contributed by atoms with Gasteiger partial charge in [-0.2, -0.15) is 0 Å². The summed E-state index contributed by atoms with van der Waals surface area (Å²) in [6.45, 7) is 4.81. The molecule has 7 nitrogen and oxygen atoms in total. The number of nitrogens with zero attached hydrogens (tertiary/aromatic N) is 1. The van der Waals surface area contributed by atoms with Crippen LogP contribution in [0.1, 0.15) is 47.1 Å². The van der Waals surface area contributed by atoms with Gasteiger partial charge >= 0.3 is 5.97 Å². The topological polar surface area (TPSA) is 109 Å². The largest absolute Gasteiger partial charge is 0.493 e. The van der Waals surface area contributed by atoms with Gasteiger partial charge in [0, 0.05) is 41.8 Å². The fourth-order valence-electron chi connectivity index (χ4n) is 5.63. The number of pyridine rings is 1. The summed E-state index contributed by atoms with van der Waals surface area (Å²) in [6.07, 6.45) is 2.54. The van der Waals surface area contributed by atoms with Gasteiger partial charge in [-0.15, -0.1) is 0 Å². The molecule has 4 atom stereocenters. The first-order valence-corrected chi connectivity index (χ1v) is 12.9. The van der Waals surface area contributed by atoms with E-state index in [0.717, 1.165) is 28.3 Å². The lowest BCUT2D eigenvalue weighted by Gasteiger charge is -2.21. The van der Waals surface area contributed by atoms with E-state index < -0.39 is 23.2 Å². The zero-order valence-electron chi connectivity index (χ0n) is 22.0. The van der Waals surface area contributed by atoms with Gasteiger partial charge in [0.15, 0.2) is 0 Å². The summed E-state index contributed by atoms with van der Waals surface area (Å²) in [5.74, 6) is -1.58. The third kappa shape index (κ3) is 5.33. The molecule has 206 valence electrons. The van der Waals surface area contributed by atoms with Crippen molar-refractivity contribution >= 4 is 5.97 Å². The molecular formula is C30H31F2NO6.